The zero-order valence-corrected chi connectivity index (χ0v) is 10.7. The van der Waals surface area contributed by atoms with Crippen molar-refractivity contribution < 1.29 is 5.21 Å². The van der Waals surface area contributed by atoms with Crippen molar-refractivity contribution in [1.29, 1.82) is 0 Å². The van der Waals surface area contributed by atoms with Crippen LogP contribution in [0.2, 0.25) is 0 Å². The molecule has 1 aromatic carbocycles. The molecule has 0 unspecified atom stereocenters. The summed E-state index contributed by atoms with van der Waals surface area (Å²) in [4.78, 5) is 6.31. The van der Waals surface area contributed by atoms with Gasteiger partial charge in [-0.2, -0.15) is 0 Å². The molecule has 0 aliphatic carbocycles. The van der Waals surface area contributed by atoms with E-state index in [4.69, 9.17) is 10.9 Å². The van der Waals surface area contributed by atoms with E-state index in [-0.39, 0.29) is 5.84 Å². The van der Waals surface area contributed by atoms with Crippen molar-refractivity contribution in [2.45, 2.75) is 6.92 Å². The molecule has 2 rings (SSSR count). The predicted molar refractivity (Wildman–Crippen MR) is 75.9 cm³/mol. The van der Waals surface area contributed by atoms with Crippen LogP contribution in [-0.2, 0) is 0 Å². The molecular weight excluding hydrogens is 240 g/mol. The third-order valence-corrected chi connectivity index (χ3v) is 2.81. The standard InChI is InChI=1S/C14H16N4O/c1-2-18(11-6-4-3-5-7-11)12-8-9-13(16-10-12)14(15)17-19/h3-10,19H,2H2,1H3,(H2,15,17). The molecular formula is C14H16N4O. The number of nitrogens with zero attached hydrogens (tertiary/aromatic N) is 3. The van der Waals surface area contributed by atoms with Crippen molar-refractivity contribution in [3.05, 3.63) is 54.4 Å². The molecule has 0 spiro atoms. The predicted octanol–water partition coefficient (Wildman–Crippen LogP) is 2.33. The van der Waals surface area contributed by atoms with Gasteiger partial charge in [0.25, 0.3) is 0 Å². The summed E-state index contributed by atoms with van der Waals surface area (Å²) in [6, 6.07) is 13.7. The Hall–Kier alpha value is -2.56. The Labute approximate surface area is 112 Å². The fourth-order valence-electron chi connectivity index (χ4n) is 1.87. The van der Waals surface area contributed by atoms with E-state index in [1.54, 1.807) is 12.3 Å². The van der Waals surface area contributed by atoms with Crippen LogP contribution in [0.5, 0.6) is 0 Å². The van der Waals surface area contributed by atoms with Crippen molar-refractivity contribution in [3.63, 3.8) is 0 Å². The fourth-order valence-corrected chi connectivity index (χ4v) is 1.87. The molecule has 1 aromatic heterocycles. The first-order valence-electron chi connectivity index (χ1n) is 6.02. The summed E-state index contributed by atoms with van der Waals surface area (Å²) < 4.78 is 0. The van der Waals surface area contributed by atoms with E-state index in [2.05, 4.69) is 22.0 Å². The molecule has 0 aliphatic rings. The lowest BCUT2D eigenvalue weighted by molar-refractivity contribution is 0.318. The van der Waals surface area contributed by atoms with Crippen LogP contribution >= 0.6 is 0 Å². The highest BCUT2D eigenvalue weighted by Crippen LogP contribution is 2.23. The molecule has 3 N–H and O–H groups in total. The van der Waals surface area contributed by atoms with Gasteiger partial charge in [0, 0.05) is 12.2 Å². The minimum Gasteiger partial charge on any atom is -0.409 e. The van der Waals surface area contributed by atoms with Crippen LogP contribution in [0.15, 0.2) is 53.8 Å². The molecule has 98 valence electrons. The third kappa shape index (κ3) is 2.82. The molecule has 19 heavy (non-hydrogen) atoms. The van der Waals surface area contributed by atoms with Crippen LogP contribution in [0.4, 0.5) is 11.4 Å². The molecule has 0 radical (unpaired) electrons. The van der Waals surface area contributed by atoms with Crippen molar-refractivity contribution in [2.75, 3.05) is 11.4 Å². The lowest BCUT2D eigenvalue weighted by atomic mass is 10.2. The molecule has 0 fully saturated rings. The largest absolute Gasteiger partial charge is 0.409 e. The number of anilines is 2. The van der Waals surface area contributed by atoms with Crippen LogP contribution in [-0.4, -0.2) is 22.6 Å². The van der Waals surface area contributed by atoms with Gasteiger partial charge in [0.15, 0.2) is 5.84 Å². The summed E-state index contributed by atoms with van der Waals surface area (Å²) in [7, 11) is 0. The minimum absolute atomic E-state index is 0.00862. The lowest BCUT2D eigenvalue weighted by Crippen LogP contribution is -2.18. The summed E-state index contributed by atoms with van der Waals surface area (Å²) in [6.07, 6.45) is 1.71. The average molecular weight is 256 g/mol. The number of benzene rings is 1. The highest BCUT2D eigenvalue weighted by molar-refractivity contribution is 5.95. The SMILES string of the molecule is CCN(c1ccccc1)c1ccc(/C(N)=N/O)nc1. The average Bonchev–Trinajstić information content (AvgIpc) is 2.49. The number of hydrogen-bond acceptors (Lipinski definition) is 4. The molecule has 0 atom stereocenters. The summed E-state index contributed by atoms with van der Waals surface area (Å²) in [5, 5.41) is 11.5. The van der Waals surface area contributed by atoms with Crippen molar-refractivity contribution >= 4 is 17.2 Å². The van der Waals surface area contributed by atoms with Gasteiger partial charge in [-0.25, -0.2) is 0 Å². The molecule has 2 aromatic rings. The Balaban J connectivity index is 2.30. The maximum absolute atomic E-state index is 8.60. The topological polar surface area (TPSA) is 74.7 Å². The summed E-state index contributed by atoms with van der Waals surface area (Å²) in [5.41, 5.74) is 8.00. The second-order valence-corrected chi connectivity index (χ2v) is 3.97. The van der Waals surface area contributed by atoms with Gasteiger partial charge in [-0.05, 0) is 31.2 Å². The summed E-state index contributed by atoms with van der Waals surface area (Å²) in [5.74, 6) is 0.00862. The lowest BCUT2D eigenvalue weighted by Gasteiger charge is -2.22. The third-order valence-electron chi connectivity index (χ3n) is 2.81. The Bertz CT molecular complexity index is 551. The Kier molecular flexibility index (Phi) is 3.97. The van der Waals surface area contributed by atoms with Gasteiger partial charge in [0.05, 0.1) is 11.9 Å². The first kappa shape index (κ1) is 12.9. The van der Waals surface area contributed by atoms with Gasteiger partial charge in [-0.15, -0.1) is 0 Å². The van der Waals surface area contributed by atoms with Crippen molar-refractivity contribution in [3.8, 4) is 0 Å². The highest BCUT2D eigenvalue weighted by Gasteiger charge is 2.08. The van der Waals surface area contributed by atoms with E-state index in [1.807, 2.05) is 36.4 Å². The van der Waals surface area contributed by atoms with Crippen LogP contribution < -0.4 is 10.6 Å². The number of para-hydroxylation sites is 1. The van der Waals surface area contributed by atoms with Crippen molar-refractivity contribution in [2.24, 2.45) is 10.9 Å². The number of oxime groups is 1. The Morgan fingerprint density at radius 1 is 1.21 bits per heavy atom. The van der Waals surface area contributed by atoms with Crippen LogP contribution in [0.3, 0.4) is 0 Å². The van der Waals surface area contributed by atoms with Crippen LogP contribution in [0.1, 0.15) is 12.6 Å². The van der Waals surface area contributed by atoms with E-state index in [1.165, 1.54) is 0 Å². The van der Waals surface area contributed by atoms with Crippen LogP contribution in [0, 0.1) is 0 Å². The normalized spacial score (nSPS) is 11.3. The zero-order valence-electron chi connectivity index (χ0n) is 10.7. The number of aromatic nitrogens is 1. The molecule has 5 nitrogen and oxygen atoms in total. The smallest absolute Gasteiger partial charge is 0.188 e. The molecule has 0 saturated heterocycles. The van der Waals surface area contributed by atoms with E-state index in [9.17, 15) is 0 Å². The van der Waals surface area contributed by atoms with Crippen molar-refractivity contribution in [1.82, 2.24) is 4.98 Å². The Morgan fingerprint density at radius 3 is 2.47 bits per heavy atom. The van der Waals surface area contributed by atoms with Gasteiger partial charge in [0.1, 0.15) is 5.69 Å². The quantitative estimate of drug-likeness (QED) is 0.381. The minimum atomic E-state index is 0.00862. The molecule has 0 saturated carbocycles. The van der Waals surface area contributed by atoms with E-state index in [0.717, 1.165) is 17.9 Å². The van der Waals surface area contributed by atoms with Gasteiger partial charge in [-0.1, -0.05) is 23.4 Å². The molecule has 0 bridgehead atoms. The number of rotatable bonds is 4. The number of hydrogen-bond donors (Lipinski definition) is 2. The zero-order chi connectivity index (χ0) is 13.7. The number of amidine groups is 1. The van der Waals surface area contributed by atoms with Gasteiger partial charge < -0.3 is 15.8 Å². The Morgan fingerprint density at radius 2 is 1.95 bits per heavy atom. The number of pyridine rings is 1. The maximum Gasteiger partial charge on any atom is 0.188 e. The van der Waals surface area contributed by atoms with E-state index < -0.39 is 0 Å². The fraction of sp³-hybridized carbons (Fsp3) is 0.143. The van der Waals surface area contributed by atoms with Crippen LogP contribution in [0.25, 0.3) is 0 Å². The first-order valence-corrected chi connectivity index (χ1v) is 6.02. The summed E-state index contributed by atoms with van der Waals surface area (Å²) >= 11 is 0. The second kappa shape index (κ2) is 5.86. The molecule has 0 aliphatic heterocycles. The van der Waals surface area contributed by atoms with Gasteiger partial charge >= 0.3 is 0 Å². The summed E-state index contributed by atoms with van der Waals surface area (Å²) in [6.45, 7) is 2.90. The highest BCUT2D eigenvalue weighted by atomic mass is 16.4. The van der Waals surface area contributed by atoms with E-state index in [0.29, 0.717) is 5.69 Å². The van der Waals surface area contributed by atoms with Gasteiger partial charge in [-0.3, -0.25) is 4.98 Å². The molecule has 1 heterocycles. The number of nitrogens with two attached hydrogens (primary N) is 1. The maximum atomic E-state index is 8.60. The first-order chi connectivity index (χ1) is 9.26. The molecule has 0 amide bonds. The van der Waals surface area contributed by atoms with E-state index >= 15 is 0 Å². The second-order valence-electron chi connectivity index (χ2n) is 3.97. The monoisotopic (exact) mass is 256 g/mol. The van der Waals surface area contributed by atoms with Gasteiger partial charge in [0.2, 0.25) is 0 Å². The molecule has 5 heteroatoms.